The first kappa shape index (κ1) is 19.3. The molecule has 136 valence electrons. The molecule has 0 radical (unpaired) electrons. The number of nitrogens with two attached hydrogens (primary N) is 1. The van der Waals surface area contributed by atoms with Gasteiger partial charge in [0.15, 0.2) is 5.69 Å². The van der Waals surface area contributed by atoms with Crippen molar-refractivity contribution < 1.29 is 18.0 Å². The number of hydrogen-bond donors (Lipinski definition) is 1. The van der Waals surface area contributed by atoms with Crippen LogP contribution >= 0.6 is 12.4 Å². The lowest BCUT2D eigenvalue weighted by Gasteiger charge is -2.16. The SMILES string of the molecule is Cl.N[C@@H]1CN(C(=O)Cn2ccc(C(F)(F)F)n2)C[C@H]1c1ccccc1. The monoisotopic (exact) mass is 374 g/mol. The van der Waals surface area contributed by atoms with Crippen molar-refractivity contribution in [1.29, 1.82) is 0 Å². The zero-order chi connectivity index (χ0) is 17.3. The Morgan fingerprint density at radius 1 is 1.20 bits per heavy atom. The maximum Gasteiger partial charge on any atom is 0.435 e. The largest absolute Gasteiger partial charge is 0.435 e. The minimum atomic E-state index is -4.51. The van der Waals surface area contributed by atoms with E-state index in [1.165, 1.54) is 0 Å². The third-order valence-corrected chi connectivity index (χ3v) is 4.17. The number of aromatic nitrogens is 2. The molecule has 1 aromatic heterocycles. The maximum absolute atomic E-state index is 12.5. The van der Waals surface area contributed by atoms with Gasteiger partial charge in [0.05, 0.1) is 0 Å². The van der Waals surface area contributed by atoms with Crippen LogP contribution in [0.25, 0.3) is 0 Å². The second-order valence-corrected chi connectivity index (χ2v) is 5.88. The summed E-state index contributed by atoms with van der Waals surface area (Å²) in [5.41, 5.74) is 6.18. The highest BCUT2D eigenvalue weighted by Crippen LogP contribution is 2.28. The number of hydrogen-bond acceptors (Lipinski definition) is 3. The number of likely N-dealkylation sites (tertiary alicyclic amines) is 1. The lowest BCUT2D eigenvalue weighted by molar-refractivity contribution is -0.142. The van der Waals surface area contributed by atoms with Crippen molar-refractivity contribution in [3.8, 4) is 0 Å². The van der Waals surface area contributed by atoms with E-state index in [4.69, 9.17) is 5.73 Å². The molecule has 1 aromatic carbocycles. The number of carbonyl (C=O) groups excluding carboxylic acids is 1. The number of halogens is 4. The third kappa shape index (κ3) is 4.32. The molecule has 0 bridgehead atoms. The third-order valence-electron chi connectivity index (χ3n) is 4.17. The second kappa shape index (κ2) is 7.45. The van der Waals surface area contributed by atoms with E-state index in [2.05, 4.69) is 5.10 Å². The number of alkyl halides is 3. The highest BCUT2D eigenvalue weighted by Gasteiger charge is 2.35. The van der Waals surface area contributed by atoms with Gasteiger partial charge in [-0.15, -0.1) is 12.4 Å². The Morgan fingerprint density at radius 3 is 2.48 bits per heavy atom. The maximum atomic E-state index is 12.5. The lowest BCUT2D eigenvalue weighted by Crippen LogP contribution is -2.34. The van der Waals surface area contributed by atoms with E-state index in [9.17, 15) is 18.0 Å². The van der Waals surface area contributed by atoms with Crippen molar-refractivity contribution in [2.45, 2.75) is 24.7 Å². The van der Waals surface area contributed by atoms with Gasteiger partial charge in [-0.3, -0.25) is 9.48 Å². The predicted octanol–water partition coefficient (Wildman–Crippen LogP) is 2.28. The highest BCUT2D eigenvalue weighted by molar-refractivity contribution is 5.85. The highest BCUT2D eigenvalue weighted by atomic mass is 35.5. The predicted molar refractivity (Wildman–Crippen MR) is 88.2 cm³/mol. The van der Waals surface area contributed by atoms with E-state index in [1.807, 2.05) is 30.3 Å². The van der Waals surface area contributed by atoms with Gasteiger partial charge in [0.2, 0.25) is 5.91 Å². The summed E-state index contributed by atoms with van der Waals surface area (Å²) in [5, 5.41) is 3.40. The van der Waals surface area contributed by atoms with Crippen molar-refractivity contribution in [2.75, 3.05) is 13.1 Å². The van der Waals surface area contributed by atoms with E-state index in [0.29, 0.717) is 13.1 Å². The molecule has 1 amide bonds. The van der Waals surface area contributed by atoms with Crippen LogP contribution in [-0.4, -0.2) is 39.7 Å². The van der Waals surface area contributed by atoms with E-state index in [0.717, 1.165) is 22.5 Å². The molecule has 25 heavy (non-hydrogen) atoms. The lowest BCUT2D eigenvalue weighted by atomic mass is 9.95. The number of benzene rings is 1. The second-order valence-electron chi connectivity index (χ2n) is 5.88. The van der Waals surface area contributed by atoms with E-state index in [1.54, 1.807) is 4.90 Å². The van der Waals surface area contributed by atoms with Crippen LogP contribution in [0.3, 0.4) is 0 Å². The molecule has 1 saturated heterocycles. The normalized spacial score (nSPS) is 20.4. The van der Waals surface area contributed by atoms with Gasteiger partial charge >= 0.3 is 6.18 Å². The topological polar surface area (TPSA) is 64.2 Å². The molecule has 2 heterocycles. The summed E-state index contributed by atoms with van der Waals surface area (Å²) in [6.07, 6.45) is -3.35. The number of rotatable bonds is 3. The Labute approximate surface area is 149 Å². The molecule has 0 spiro atoms. The average Bonchev–Trinajstić information content (AvgIpc) is 3.14. The zero-order valence-corrected chi connectivity index (χ0v) is 14.0. The Morgan fingerprint density at radius 2 is 1.88 bits per heavy atom. The Hall–Kier alpha value is -2.06. The molecular formula is C16H18ClF3N4O. The van der Waals surface area contributed by atoms with Crippen LogP contribution in [0.15, 0.2) is 42.6 Å². The standard InChI is InChI=1S/C16H17F3N4O.ClH/c17-16(18,19)14-6-7-23(21-14)10-15(24)22-8-12(13(20)9-22)11-4-2-1-3-5-11;/h1-7,12-13H,8-10,20H2;1H/t12-,13+;/m0./s1. The molecule has 0 unspecified atom stereocenters. The molecule has 9 heteroatoms. The number of carbonyl (C=O) groups is 1. The molecule has 1 aliphatic rings. The van der Waals surface area contributed by atoms with Crippen molar-refractivity contribution in [3.63, 3.8) is 0 Å². The van der Waals surface area contributed by atoms with Crippen molar-refractivity contribution in [1.82, 2.24) is 14.7 Å². The van der Waals surface area contributed by atoms with Crippen molar-refractivity contribution >= 4 is 18.3 Å². The smallest absolute Gasteiger partial charge is 0.339 e. The van der Waals surface area contributed by atoms with Gasteiger partial charge in [-0.25, -0.2) is 0 Å². The van der Waals surface area contributed by atoms with Crippen LogP contribution in [0.4, 0.5) is 13.2 Å². The first-order valence-electron chi connectivity index (χ1n) is 7.53. The van der Waals surface area contributed by atoms with Gasteiger partial charge in [0.1, 0.15) is 6.54 Å². The fraction of sp³-hybridized carbons (Fsp3) is 0.375. The Balaban J connectivity index is 0.00000225. The molecule has 1 aliphatic heterocycles. The molecule has 5 nitrogen and oxygen atoms in total. The fourth-order valence-electron chi connectivity index (χ4n) is 2.93. The quantitative estimate of drug-likeness (QED) is 0.896. The van der Waals surface area contributed by atoms with Crippen LogP contribution < -0.4 is 5.73 Å². The molecular weight excluding hydrogens is 357 g/mol. The first-order chi connectivity index (χ1) is 11.3. The summed E-state index contributed by atoms with van der Waals surface area (Å²) in [4.78, 5) is 13.9. The zero-order valence-electron chi connectivity index (χ0n) is 13.2. The minimum Gasteiger partial charge on any atom is -0.339 e. The number of amides is 1. The van der Waals surface area contributed by atoms with Gasteiger partial charge < -0.3 is 10.6 Å². The van der Waals surface area contributed by atoms with Gasteiger partial charge in [0.25, 0.3) is 0 Å². The molecule has 2 aromatic rings. The number of nitrogens with zero attached hydrogens (tertiary/aromatic N) is 3. The first-order valence-corrected chi connectivity index (χ1v) is 7.53. The molecule has 1 fully saturated rings. The van der Waals surface area contributed by atoms with Gasteiger partial charge in [-0.2, -0.15) is 18.3 Å². The van der Waals surface area contributed by atoms with Crippen LogP contribution in [0.1, 0.15) is 17.2 Å². The Kier molecular flexibility index (Phi) is 5.74. The van der Waals surface area contributed by atoms with Crippen LogP contribution in [0.2, 0.25) is 0 Å². The minimum absolute atomic E-state index is 0. The summed E-state index contributed by atoms with van der Waals surface area (Å²) in [6.45, 7) is 0.605. The average molecular weight is 375 g/mol. The van der Waals surface area contributed by atoms with Crippen molar-refractivity contribution in [3.05, 3.63) is 53.9 Å². The summed E-state index contributed by atoms with van der Waals surface area (Å²) in [5.74, 6) is -0.265. The van der Waals surface area contributed by atoms with Crippen LogP contribution in [0, 0.1) is 0 Å². The van der Waals surface area contributed by atoms with Crippen LogP contribution in [0.5, 0.6) is 0 Å². The van der Waals surface area contributed by atoms with Crippen LogP contribution in [-0.2, 0) is 17.5 Å². The van der Waals surface area contributed by atoms with E-state index in [-0.39, 0.29) is 36.8 Å². The van der Waals surface area contributed by atoms with E-state index < -0.39 is 11.9 Å². The Bertz CT molecular complexity index is 720. The molecule has 2 N–H and O–H groups in total. The molecule has 3 rings (SSSR count). The van der Waals surface area contributed by atoms with Gasteiger partial charge in [0, 0.05) is 31.2 Å². The molecule has 2 atom stereocenters. The van der Waals surface area contributed by atoms with Gasteiger partial charge in [-0.1, -0.05) is 30.3 Å². The van der Waals surface area contributed by atoms with Gasteiger partial charge in [-0.05, 0) is 11.6 Å². The van der Waals surface area contributed by atoms with E-state index >= 15 is 0 Å². The summed E-state index contributed by atoms with van der Waals surface area (Å²) >= 11 is 0. The van der Waals surface area contributed by atoms with Crippen molar-refractivity contribution in [2.24, 2.45) is 5.73 Å². The summed E-state index contributed by atoms with van der Waals surface area (Å²) in [6, 6.07) is 10.3. The fourth-order valence-corrected chi connectivity index (χ4v) is 2.93. The molecule has 0 saturated carbocycles. The molecule has 0 aliphatic carbocycles. The summed E-state index contributed by atoms with van der Waals surface area (Å²) < 4.78 is 38.6. The summed E-state index contributed by atoms with van der Waals surface area (Å²) in [7, 11) is 0.